The molecular formula is C19H26N2O3. The molecule has 2 aromatic rings. The minimum atomic E-state index is 0.152. The molecule has 1 aromatic carbocycles. The second kappa shape index (κ2) is 6.95. The molecule has 1 N–H and O–H groups in total. The van der Waals surface area contributed by atoms with Crippen LogP contribution >= 0.6 is 0 Å². The quantitative estimate of drug-likeness (QED) is 0.932. The summed E-state index contributed by atoms with van der Waals surface area (Å²) in [6, 6.07) is 2.16. The molecular weight excluding hydrogens is 304 g/mol. The largest absolute Gasteiger partial charge is 0.464 e. The molecule has 0 saturated carbocycles. The van der Waals surface area contributed by atoms with Gasteiger partial charge in [0.25, 0.3) is 0 Å². The molecule has 1 aliphatic heterocycles. The maximum absolute atomic E-state index is 12.7. The number of aliphatic hydroxyl groups excluding tert-OH is 1. The molecule has 0 spiro atoms. The van der Waals surface area contributed by atoms with Crippen LogP contribution in [0.5, 0.6) is 0 Å². The maximum atomic E-state index is 12.7. The number of nitrogens with zero attached hydrogens (tertiary/aromatic N) is 2. The summed E-state index contributed by atoms with van der Waals surface area (Å²) in [4.78, 5) is 16.8. The van der Waals surface area contributed by atoms with E-state index in [0.29, 0.717) is 13.0 Å². The summed E-state index contributed by atoms with van der Waals surface area (Å²) in [5, 5.41) is 10.1. The van der Waals surface area contributed by atoms with Gasteiger partial charge in [0.05, 0.1) is 19.3 Å². The summed E-state index contributed by atoms with van der Waals surface area (Å²) in [5.41, 5.74) is 5.41. The molecule has 1 saturated heterocycles. The number of hydrogen-bond donors (Lipinski definition) is 1. The smallest absolute Gasteiger partial charge is 0.227 e. The molecule has 1 fully saturated rings. The lowest BCUT2D eigenvalue weighted by molar-refractivity contribution is -0.132. The van der Waals surface area contributed by atoms with Gasteiger partial charge >= 0.3 is 0 Å². The minimum Gasteiger partial charge on any atom is -0.464 e. The van der Waals surface area contributed by atoms with Crippen molar-refractivity contribution in [3.8, 4) is 0 Å². The van der Waals surface area contributed by atoms with Crippen molar-refractivity contribution in [1.82, 2.24) is 9.80 Å². The number of hydrogen-bond acceptors (Lipinski definition) is 4. The number of aryl methyl sites for hydroxylation is 3. The first kappa shape index (κ1) is 17.0. The molecule has 3 rings (SSSR count). The molecule has 0 atom stereocenters. The number of carbonyl (C=O) groups is 1. The zero-order chi connectivity index (χ0) is 17.3. The van der Waals surface area contributed by atoms with Gasteiger partial charge in [-0.1, -0.05) is 6.07 Å². The van der Waals surface area contributed by atoms with Crippen LogP contribution in [-0.4, -0.2) is 60.1 Å². The number of aliphatic hydroxyl groups is 1. The Bertz CT molecular complexity index is 743. The number of rotatable bonds is 4. The zero-order valence-corrected chi connectivity index (χ0v) is 14.8. The topological polar surface area (TPSA) is 56.9 Å². The lowest BCUT2D eigenvalue weighted by atomic mass is 9.98. The Morgan fingerprint density at radius 3 is 2.54 bits per heavy atom. The predicted molar refractivity (Wildman–Crippen MR) is 94.2 cm³/mol. The van der Waals surface area contributed by atoms with E-state index >= 15 is 0 Å². The van der Waals surface area contributed by atoms with Gasteiger partial charge in [-0.15, -0.1) is 0 Å². The molecule has 24 heavy (non-hydrogen) atoms. The van der Waals surface area contributed by atoms with Crippen LogP contribution in [0.4, 0.5) is 0 Å². The Morgan fingerprint density at radius 2 is 1.88 bits per heavy atom. The fraction of sp³-hybridized carbons (Fsp3) is 0.526. The van der Waals surface area contributed by atoms with E-state index in [-0.39, 0.29) is 12.5 Å². The van der Waals surface area contributed by atoms with Crippen LogP contribution in [0.3, 0.4) is 0 Å². The molecule has 0 aliphatic carbocycles. The number of piperazine rings is 1. The Hall–Kier alpha value is -1.85. The lowest BCUT2D eigenvalue weighted by Crippen LogP contribution is -2.49. The van der Waals surface area contributed by atoms with Gasteiger partial charge in [-0.25, -0.2) is 0 Å². The molecule has 0 bridgehead atoms. The van der Waals surface area contributed by atoms with Gasteiger partial charge in [0, 0.05) is 43.7 Å². The Balaban J connectivity index is 1.74. The molecule has 130 valence electrons. The summed E-state index contributed by atoms with van der Waals surface area (Å²) in [5.74, 6) is 0.152. The third kappa shape index (κ3) is 3.19. The highest BCUT2D eigenvalue weighted by Crippen LogP contribution is 2.30. The minimum absolute atomic E-state index is 0.152. The van der Waals surface area contributed by atoms with Crippen LogP contribution < -0.4 is 0 Å². The molecule has 2 heterocycles. The van der Waals surface area contributed by atoms with Crippen molar-refractivity contribution < 1.29 is 14.3 Å². The van der Waals surface area contributed by atoms with E-state index in [9.17, 15) is 4.79 Å². The SMILES string of the molecule is Cc1cc(C)c2c(CC(=O)N3CCN(CCO)CC3)coc2c1C. The zero-order valence-electron chi connectivity index (χ0n) is 14.8. The van der Waals surface area contributed by atoms with Gasteiger partial charge in [0.15, 0.2) is 0 Å². The van der Waals surface area contributed by atoms with Crippen LogP contribution in [0.25, 0.3) is 11.0 Å². The second-order valence-corrected chi connectivity index (χ2v) is 6.72. The van der Waals surface area contributed by atoms with Crippen LogP contribution in [-0.2, 0) is 11.2 Å². The van der Waals surface area contributed by atoms with E-state index in [2.05, 4.69) is 31.7 Å². The van der Waals surface area contributed by atoms with Crippen molar-refractivity contribution in [3.63, 3.8) is 0 Å². The molecule has 0 unspecified atom stereocenters. The number of benzene rings is 1. The number of β-amino-alcohol motifs (C(OH)–C–C–N with tert-alkyl or cyclic N) is 1. The molecule has 0 radical (unpaired) electrons. The van der Waals surface area contributed by atoms with Crippen molar-refractivity contribution >= 4 is 16.9 Å². The second-order valence-electron chi connectivity index (χ2n) is 6.72. The predicted octanol–water partition coefficient (Wildman–Crippen LogP) is 2.04. The number of amides is 1. The fourth-order valence-electron chi connectivity index (χ4n) is 3.55. The van der Waals surface area contributed by atoms with Crippen molar-refractivity contribution in [2.45, 2.75) is 27.2 Å². The molecule has 5 heteroatoms. The van der Waals surface area contributed by atoms with Crippen LogP contribution in [0.2, 0.25) is 0 Å². The first-order valence-corrected chi connectivity index (χ1v) is 8.59. The van der Waals surface area contributed by atoms with Crippen LogP contribution in [0.15, 0.2) is 16.7 Å². The highest BCUT2D eigenvalue weighted by molar-refractivity contribution is 5.92. The van der Waals surface area contributed by atoms with Crippen LogP contribution in [0.1, 0.15) is 22.3 Å². The molecule has 1 aromatic heterocycles. The average molecular weight is 330 g/mol. The number of fused-ring (bicyclic) bond motifs is 1. The van der Waals surface area contributed by atoms with E-state index in [0.717, 1.165) is 53.8 Å². The maximum Gasteiger partial charge on any atom is 0.227 e. The fourth-order valence-corrected chi connectivity index (χ4v) is 3.55. The van der Waals surface area contributed by atoms with Gasteiger partial charge in [-0.05, 0) is 37.5 Å². The van der Waals surface area contributed by atoms with Crippen molar-refractivity contribution in [1.29, 1.82) is 0 Å². The van der Waals surface area contributed by atoms with E-state index < -0.39 is 0 Å². The summed E-state index contributed by atoms with van der Waals surface area (Å²) in [6.07, 6.45) is 2.13. The van der Waals surface area contributed by atoms with Crippen molar-refractivity contribution in [2.75, 3.05) is 39.3 Å². The molecule has 5 nitrogen and oxygen atoms in total. The monoisotopic (exact) mass is 330 g/mol. The highest BCUT2D eigenvalue weighted by atomic mass is 16.3. The van der Waals surface area contributed by atoms with Gasteiger partial charge in [0.2, 0.25) is 5.91 Å². The first-order valence-electron chi connectivity index (χ1n) is 8.59. The summed E-state index contributed by atoms with van der Waals surface area (Å²) < 4.78 is 5.77. The van der Waals surface area contributed by atoms with Gasteiger partial charge in [-0.3, -0.25) is 9.69 Å². The van der Waals surface area contributed by atoms with Gasteiger partial charge in [0.1, 0.15) is 5.58 Å². The van der Waals surface area contributed by atoms with Crippen molar-refractivity contribution in [2.24, 2.45) is 0 Å². The van der Waals surface area contributed by atoms with E-state index in [1.165, 1.54) is 5.56 Å². The summed E-state index contributed by atoms with van der Waals surface area (Å²) in [7, 11) is 0. The van der Waals surface area contributed by atoms with E-state index in [1.54, 1.807) is 6.26 Å². The Labute approximate surface area is 142 Å². The standard InChI is InChI=1S/C19H26N2O3/c1-13-10-14(2)18-16(12-24-19(18)15(13)3)11-17(23)21-6-4-20(5-7-21)8-9-22/h10,12,22H,4-9,11H2,1-3H3. The first-order chi connectivity index (χ1) is 11.5. The number of furan rings is 1. The third-order valence-electron chi connectivity index (χ3n) is 5.11. The van der Waals surface area contributed by atoms with E-state index in [4.69, 9.17) is 9.52 Å². The normalized spacial score (nSPS) is 16.1. The third-order valence-corrected chi connectivity index (χ3v) is 5.11. The number of carbonyl (C=O) groups excluding carboxylic acids is 1. The summed E-state index contributed by atoms with van der Waals surface area (Å²) >= 11 is 0. The molecule has 1 amide bonds. The van der Waals surface area contributed by atoms with Crippen molar-refractivity contribution in [3.05, 3.63) is 34.6 Å². The average Bonchev–Trinajstić information content (AvgIpc) is 2.98. The molecule has 1 aliphatic rings. The van der Waals surface area contributed by atoms with E-state index in [1.807, 2.05) is 4.90 Å². The Morgan fingerprint density at radius 1 is 1.17 bits per heavy atom. The van der Waals surface area contributed by atoms with Crippen LogP contribution in [0, 0.1) is 20.8 Å². The summed E-state index contributed by atoms with van der Waals surface area (Å²) in [6.45, 7) is 10.2. The highest BCUT2D eigenvalue weighted by Gasteiger charge is 2.22. The van der Waals surface area contributed by atoms with Gasteiger partial charge < -0.3 is 14.4 Å². The van der Waals surface area contributed by atoms with Gasteiger partial charge in [-0.2, -0.15) is 0 Å². The Kier molecular flexibility index (Phi) is 4.92. The lowest BCUT2D eigenvalue weighted by Gasteiger charge is -2.34.